The molecule has 2 N–H and O–H groups in total. The van der Waals surface area contributed by atoms with Gasteiger partial charge in [-0.2, -0.15) is 0 Å². The lowest BCUT2D eigenvalue weighted by molar-refractivity contribution is -0.150. The lowest BCUT2D eigenvalue weighted by Gasteiger charge is -2.29. The molecule has 0 aromatic heterocycles. The van der Waals surface area contributed by atoms with Gasteiger partial charge in [0.25, 0.3) is 5.91 Å². The number of hydrogen-bond donors (Lipinski definition) is 2. The van der Waals surface area contributed by atoms with E-state index in [1.165, 1.54) is 7.11 Å². The second kappa shape index (κ2) is 6.59. The minimum Gasteiger partial charge on any atom is -0.480 e. The van der Waals surface area contributed by atoms with E-state index in [0.717, 1.165) is 0 Å². The second-order valence-corrected chi connectivity index (χ2v) is 4.46. The highest BCUT2D eigenvalue weighted by Gasteiger charge is 2.35. The quantitative estimate of drug-likeness (QED) is 0.711. The van der Waals surface area contributed by atoms with Gasteiger partial charge in [0.1, 0.15) is 11.6 Å². The fourth-order valence-electron chi connectivity index (χ4n) is 1.37. The molecule has 0 heterocycles. The smallest absolute Gasteiger partial charge is 0.326 e. The van der Waals surface area contributed by atoms with Crippen LogP contribution in [0.4, 0.5) is 0 Å². The van der Waals surface area contributed by atoms with Crippen molar-refractivity contribution in [2.24, 2.45) is 5.92 Å². The number of aliphatic carboxylic acids is 1. The molecule has 0 bridgehead atoms. The fraction of sp³-hybridized carbons (Fsp3) is 0.833. The van der Waals surface area contributed by atoms with E-state index in [1.807, 2.05) is 13.8 Å². The summed E-state index contributed by atoms with van der Waals surface area (Å²) in [6, 6.07) is -0.867. The predicted molar refractivity (Wildman–Crippen MR) is 64.7 cm³/mol. The Morgan fingerprint density at radius 3 is 2.24 bits per heavy atom. The van der Waals surface area contributed by atoms with Gasteiger partial charge in [-0.1, -0.05) is 27.2 Å². The van der Waals surface area contributed by atoms with Crippen molar-refractivity contribution in [3.63, 3.8) is 0 Å². The average molecular weight is 245 g/mol. The molecule has 100 valence electrons. The van der Waals surface area contributed by atoms with Gasteiger partial charge in [-0.05, 0) is 19.3 Å². The molecule has 0 aliphatic carbocycles. The predicted octanol–water partition coefficient (Wildman–Crippen LogP) is 1.42. The number of nitrogens with one attached hydrogen (secondary N) is 1. The van der Waals surface area contributed by atoms with Gasteiger partial charge >= 0.3 is 5.97 Å². The maximum atomic E-state index is 12.0. The topological polar surface area (TPSA) is 75.6 Å². The Hall–Kier alpha value is -1.10. The van der Waals surface area contributed by atoms with Crippen LogP contribution in [0.2, 0.25) is 0 Å². The number of carboxylic acid groups (broad SMARTS) is 1. The summed E-state index contributed by atoms with van der Waals surface area (Å²) in [7, 11) is 1.45. The third kappa shape index (κ3) is 4.00. The first-order valence-corrected chi connectivity index (χ1v) is 5.91. The highest BCUT2D eigenvalue weighted by atomic mass is 16.5. The number of carbonyl (C=O) groups excluding carboxylic acids is 1. The van der Waals surface area contributed by atoms with Crippen LogP contribution in [-0.2, 0) is 14.3 Å². The number of carboxylic acids is 1. The van der Waals surface area contributed by atoms with Gasteiger partial charge in [0.15, 0.2) is 0 Å². The SMILES string of the molecule is CCC(C)[C@H](NC(=O)C(C)(CC)OC)C(=O)O. The molecule has 0 saturated carbocycles. The summed E-state index contributed by atoms with van der Waals surface area (Å²) in [5.74, 6) is -1.51. The zero-order valence-electron chi connectivity index (χ0n) is 11.2. The van der Waals surface area contributed by atoms with Crippen molar-refractivity contribution in [2.45, 2.75) is 52.2 Å². The summed E-state index contributed by atoms with van der Waals surface area (Å²) in [6.07, 6.45) is 1.18. The van der Waals surface area contributed by atoms with Crippen molar-refractivity contribution in [1.82, 2.24) is 5.32 Å². The summed E-state index contributed by atoms with van der Waals surface area (Å²) in [4.78, 5) is 23.0. The average Bonchev–Trinajstić information content (AvgIpc) is 2.33. The van der Waals surface area contributed by atoms with Crippen LogP contribution in [0.25, 0.3) is 0 Å². The lowest BCUT2D eigenvalue weighted by Crippen LogP contribution is -2.53. The molecule has 5 heteroatoms. The third-order valence-corrected chi connectivity index (χ3v) is 3.37. The Morgan fingerprint density at radius 2 is 1.94 bits per heavy atom. The molecule has 0 aliphatic heterocycles. The van der Waals surface area contributed by atoms with E-state index in [9.17, 15) is 9.59 Å². The van der Waals surface area contributed by atoms with Crippen LogP contribution in [0, 0.1) is 5.92 Å². The molecule has 0 fully saturated rings. The molecule has 1 amide bonds. The van der Waals surface area contributed by atoms with Crippen molar-refractivity contribution in [3.8, 4) is 0 Å². The van der Waals surface area contributed by atoms with Crippen LogP contribution < -0.4 is 5.32 Å². The zero-order chi connectivity index (χ0) is 13.6. The van der Waals surface area contributed by atoms with E-state index < -0.39 is 17.6 Å². The number of hydrogen-bond acceptors (Lipinski definition) is 3. The van der Waals surface area contributed by atoms with Gasteiger partial charge in [0.2, 0.25) is 0 Å². The molecule has 0 aliphatic rings. The number of rotatable bonds is 7. The van der Waals surface area contributed by atoms with Gasteiger partial charge in [-0.25, -0.2) is 4.79 Å². The van der Waals surface area contributed by atoms with E-state index in [2.05, 4.69) is 5.32 Å². The molecule has 2 unspecified atom stereocenters. The molecule has 0 aromatic carbocycles. The molecule has 0 spiro atoms. The summed E-state index contributed by atoms with van der Waals surface area (Å²) >= 11 is 0. The Balaban J connectivity index is 4.78. The van der Waals surface area contributed by atoms with Crippen LogP contribution in [-0.4, -0.2) is 35.7 Å². The van der Waals surface area contributed by atoms with Crippen LogP contribution in [0.15, 0.2) is 0 Å². The fourth-order valence-corrected chi connectivity index (χ4v) is 1.37. The molecule has 17 heavy (non-hydrogen) atoms. The van der Waals surface area contributed by atoms with Crippen molar-refractivity contribution in [2.75, 3.05) is 7.11 Å². The normalized spacial score (nSPS) is 17.9. The lowest BCUT2D eigenvalue weighted by atomic mass is 9.96. The van der Waals surface area contributed by atoms with Crippen molar-refractivity contribution in [3.05, 3.63) is 0 Å². The van der Waals surface area contributed by atoms with E-state index in [0.29, 0.717) is 12.8 Å². The highest BCUT2D eigenvalue weighted by Crippen LogP contribution is 2.16. The van der Waals surface area contributed by atoms with E-state index in [4.69, 9.17) is 9.84 Å². The third-order valence-electron chi connectivity index (χ3n) is 3.37. The highest BCUT2D eigenvalue weighted by molar-refractivity contribution is 5.89. The summed E-state index contributed by atoms with van der Waals surface area (Å²) in [5, 5.41) is 11.6. The Morgan fingerprint density at radius 1 is 1.41 bits per heavy atom. The number of ether oxygens (including phenoxy) is 1. The van der Waals surface area contributed by atoms with Gasteiger partial charge in [-0.15, -0.1) is 0 Å². The van der Waals surface area contributed by atoms with Gasteiger partial charge < -0.3 is 15.2 Å². The van der Waals surface area contributed by atoms with Crippen molar-refractivity contribution < 1.29 is 19.4 Å². The van der Waals surface area contributed by atoms with Gasteiger partial charge in [0, 0.05) is 7.11 Å². The Bertz CT molecular complexity index is 274. The monoisotopic (exact) mass is 245 g/mol. The second-order valence-electron chi connectivity index (χ2n) is 4.46. The van der Waals surface area contributed by atoms with E-state index >= 15 is 0 Å². The summed E-state index contributed by atoms with van der Waals surface area (Å²) in [6.45, 7) is 7.16. The van der Waals surface area contributed by atoms with E-state index in [1.54, 1.807) is 13.8 Å². The first-order valence-electron chi connectivity index (χ1n) is 5.91. The Labute approximate surface area is 103 Å². The molecule has 0 aromatic rings. The molecule has 0 radical (unpaired) electrons. The summed E-state index contributed by atoms with van der Waals surface area (Å²) < 4.78 is 5.14. The maximum absolute atomic E-state index is 12.0. The maximum Gasteiger partial charge on any atom is 0.326 e. The van der Waals surface area contributed by atoms with Crippen LogP contribution in [0.3, 0.4) is 0 Å². The van der Waals surface area contributed by atoms with Crippen LogP contribution in [0.1, 0.15) is 40.5 Å². The Kier molecular flexibility index (Phi) is 6.16. The van der Waals surface area contributed by atoms with E-state index in [-0.39, 0.29) is 11.8 Å². The van der Waals surface area contributed by atoms with Crippen LogP contribution >= 0.6 is 0 Å². The van der Waals surface area contributed by atoms with Gasteiger partial charge in [0.05, 0.1) is 0 Å². The van der Waals surface area contributed by atoms with Gasteiger partial charge in [-0.3, -0.25) is 4.79 Å². The first-order chi connectivity index (χ1) is 7.82. The zero-order valence-corrected chi connectivity index (χ0v) is 11.2. The number of carbonyl (C=O) groups is 2. The van der Waals surface area contributed by atoms with Crippen molar-refractivity contribution in [1.29, 1.82) is 0 Å². The standard InChI is InChI=1S/C12H23NO4/c1-6-8(3)9(10(14)15)13-11(16)12(4,7-2)17-5/h8-9H,6-7H2,1-5H3,(H,13,16)(H,14,15)/t8?,9-,12?/m0/s1. The van der Waals surface area contributed by atoms with Crippen LogP contribution in [0.5, 0.6) is 0 Å². The minimum absolute atomic E-state index is 0.116. The molecule has 0 rings (SSSR count). The largest absolute Gasteiger partial charge is 0.480 e. The molecular formula is C12H23NO4. The molecular weight excluding hydrogens is 222 g/mol. The summed E-state index contributed by atoms with van der Waals surface area (Å²) in [5.41, 5.74) is -0.971. The molecule has 5 nitrogen and oxygen atoms in total. The molecule has 3 atom stereocenters. The molecule has 0 saturated heterocycles. The first kappa shape index (κ1) is 15.9. The number of methoxy groups -OCH3 is 1. The minimum atomic E-state index is -1.01. The number of amides is 1. The van der Waals surface area contributed by atoms with Crippen molar-refractivity contribution >= 4 is 11.9 Å².